The van der Waals surface area contributed by atoms with Crippen molar-refractivity contribution in [3.8, 4) is 0 Å². The first kappa shape index (κ1) is 21.6. The smallest absolute Gasteiger partial charge is 0.261 e. The molecule has 1 heterocycles. The topological polar surface area (TPSA) is 104 Å². The molecule has 1 aliphatic heterocycles. The van der Waals surface area contributed by atoms with Crippen LogP contribution in [0.15, 0.2) is 52.3 Å². The molecule has 2 aromatic rings. The van der Waals surface area contributed by atoms with Crippen molar-refractivity contribution < 1.29 is 21.6 Å². The molecule has 1 aliphatic rings. The number of anilines is 2. The van der Waals surface area contributed by atoms with Crippen LogP contribution in [0.25, 0.3) is 0 Å². The minimum absolute atomic E-state index is 0.0101. The third-order valence-electron chi connectivity index (χ3n) is 4.48. The molecule has 11 heteroatoms. The highest BCUT2D eigenvalue weighted by atomic mass is 35.5. The van der Waals surface area contributed by atoms with E-state index >= 15 is 0 Å². The summed E-state index contributed by atoms with van der Waals surface area (Å²) in [5.41, 5.74) is 0.769. The van der Waals surface area contributed by atoms with Gasteiger partial charge in [-0.05, 0) is 48.9 Å². The average molecular weight is 458 g/mol. The standard InChI is InChI=1S/C18H20ClN3O5S2/c1-21(2)29(26,27)15-8-6-14(7-9-15)28(24,25)20-13-5-10-17(16(19)12-13)22-11-3-4-18(22)23/h5-10,12,20H,3-4,11H2,1-2H3. The number of hydrogen-bond acceptors (Lipinski definition) is 5. The minimum Gasteiger partial charge on any atom is -0.311 e. The lowest BCUT2D eigenvalue weighted by molar-refractivity contribution is -0.117. The number of carbonyl (C=O) groups is 1. The number of halogens is 1. The van der Waals surface area contributed by atoms with Crippen molar-refractivity contribution in [2.24, 2.45) is 0 Å². The van der Waals surface area contributed by atoms with Gasteiger partial charge in [0, 0.05) is 27.1 Å². The third-order valence-corrected chi connectivity index (χ3v) is 8.01. The van der Waals surface area contributed by atoms with Crippen molar-refractivity contribution in [2.45, 2.75) is 22.6 Å². The molecule has 29 heavy (non-hydrogen) atoms. The zero-order valence-electron chi connectivity index (χ0n) is 15.8. The Balaban J connectivity index is 1.82. The highest BCUT2D eigenvalue weighted by molar-refractivity contribution is 7.92. The van der Waals surface area contributed by atoms with Crippen molar-refractivity contribution >= 4 is 48.9 Å². The molecule has 1 amide bonds. The molecule has 8 nitrogen and oxygen atoms in total. The van der Waals surface area contributed by atoms with Crippen LogP contribution in [0.2, 0.25) is 5.02 Å². The summed E-state index contributed by atoms with van der Waals surface area (Å²) in [4.78, 5) is 13.3. The van der Waals surface area contributed by atoms with Gasteiger partial charge in [-0.15, -0.1) is 0 Å². The van der Waals surface area contributed by atoms with Gasteiger partial charge in [0.1, 0.15) is 0 Å². The predicted molar refractivity (Wildman–Crippen MR) is 111 cm³/mol. The van der Waals surface area contributed by atoms with E-state index in [-0.39, 0.29) is 26.4 Å². The van der Waals surface area contributed by atoms with Crippen LogP contribution in [-0.2, 0) is 24.8 Å². The molecule has 3 rings (SSSR count). The Bertz CT molecular complexity index is 1150. The lowest BCUT2D eigenvalue weighted by atomic mass is 10.2. The second kappa shape index (κ2) is 7.94. The maximum Gasteiger partial charge on any atom is 0.261 e. The number of amides is 1. The van der Waals surface area contributed by atoms with Crippen LogP contribution < -0.4 is 9.62 Å². The maximum atomic E-state index is 12.6. The average Bonchev–Trinajstić information content (AvgIpc) is 3.07. The molecule has 1 saturated heterocycles. The zero-order chi connectivity index (χ0) is 21.4. The Morgan fingerprint density at radius 3 is 2.14 bits per heavy atom. The maximum absolute atomic E-state index is 12.6. The van der Waals surface area contributed by atoms with E-state index in [1.54, 1.807) is 11.0 Å². The van der Waals surface area contributed by atoms with E-state index in [0.29, 0.717) is 18.7 Å². The number of nitrogens with one attached hydrogen (secondary N) is 1. The van der Waals surface area contributed by atoms with Crippen molar-refractivity contribution in [3.63, 3.8) is 0 Å². The molecule has 0 unspecified atom stereocenters. The fourth-order valence-electron chi connectivity index (χ4n) is 2.91. The second-order valence-corrected chi connectivity index (χ2v) is 10.9. The van der Waals surface area contributed by atoms with Gasteiger partial charge in [0.05, 0.1) is 26.2 Å². The van der Waals surface area contributed by atoms with E-state index in [1.807, 2.05) is 0 Å². The largest absolute Gasteiger partial charge is 0.311 e. The predicted octanol–water partition coefficient (Wildman–Crippen LogP) is 2.52. The number of nitrogens with zero attached hydrogens (tertiary/aromatic N) is 2. The number of sulfonamides is 2. The summed E-state index contributed by atoms with van der Waals surface area (Å²) in [6.45, 7) is 0.575. The molecular formula is C18H20ClN3O5S2. The van der Waals surface area contributed by atoms with Gasteiger partial charge in [0.15, 0.2) is 0 Å². The number of rotatable bonds is 6. The molecule has 0 aliphatic carbocycles. The number of carbonyl (C=O) groups excluding carboxylic acids is 1. The van der Waals surface area contributed by atoms with Gasteiger partial charge in [-0.1, -0.05) is 11.6 Å². The molecule has 1 N–H and O–H groups in total. The van der Waals surface area contributed by atoms with E-state index in [1.165, 1.54) is 50.5 Å². The minimum atomic E-state index is -3.95. The first-order chi connectivity index (χ1) is 13.5. The van der Waals surface area contributed by atoms with Gasteiger partial charge in [-0.3, -0.25) is 9.52 Å². The number of benzene rings is 2. The van der Waals surface area contributed by atoms with Crippen LogP contribution in [0.4, 0.5) is 11.4 Å². The Morgan fingerprint density at radius 2 is 1.62 bits per heavy atom. The summed E-state index contributed by atoms with van der Waals surface area (Å²) >= 11 is 6.25. The lowest BCUT2D eigenvalue weighted by Gasteiger charge is -2.18. The first-order valence-corrected chi connectivity index (χ1v) is 12.0. The van der Waals surface area contributed by atoms with Crippen molar-refractivity contribution in [3.05, 3.63) is 47.5 Å². The molecule has 1 fully saturated rings. The molecule has 0 aromatic heterocycles. The fourth-order valence-corrected chi connectivity index (χ4v) is 5.14. The van der Waals surface area contributed by atoms with E-state index in [0.717, 1.165) is 10.7 Å². The molecule has 0 spiro atoms. The highest BCUT2D eigenvalue weighted by Gasteiger charge is 2.24. The van der Waals surface area contributed by atoms with E-state index in [9.17, 15) is 21.6 Å². The summed E-state index contributed by atoms with van der Waals surface area (Å²) < 4.78 is 52.9. The normalized spacial score (nSPS) is 15.2. The molecular weight excluding hydrogens is 438 g/mol. The van der Waals surface area contributed by atoms with Gasteiger partial charge >= 0.3 is 0 Å². The van der Waals surface area contributed by atoms with E-state index < -0.39 is 20.0 Å². The van der Waals surface area contributed by atoms with Crippen LogP contribution in [0.5, 0.6) is 0 Å². The Labute approximate surface area is 175 Å². The van der Waals surface area contributed by atoms with Crippen LogP contribution in [-0.4, -0.2) is 47.7 Å². The monoisotopic (exact) mass is 457 g/mol. The van der Waals surface area contributed by atoms with E-state index in [2.05, 4.69) is 4.72 Å². The van der Waals surface area contributed by atoms with Crippen LogP contribution in [0.3, 0.4) is 0 Å². The second-order valence-electron chi connectivity index (χ2n) is 6.68. The van der Waals surface area contributed by atoms with Gasteiger partial charge in [-0.2, -0.15) is 0 Å². The summed E-state index contributed by atoms with van der Waals surface area (Å²) in [6.07, 6.45) is 1.22. The Kier molecular flexibility index (Phi) is 5.91. The first-order valence-electron chi connectivity index (χ1n) is 8.68. The Morgan fingerprint density at radius 1 is 1.00 bits per heavy atom. The van der Waals surface area contributed by atoms with Gasteiger partial charge in [-0.25, -0.2) is 21.1 Å². The zero-order valence-corrected chi connectivity index (χ0v) is 18.2. The van der Waals surface area contributed by atoms with Crippen molar-refractivity contribution in [2.75, 3.05) is 30.3 Å². The highest BCUT2D eigenvalue weighted by Crippen LogP contribution is 2.32. The van der Waals surface area contributed by atoms with Crippen LogP contribution in [0.1, 0.15) is 12.8 Å². The summed E-state index contributed by atoms with van der Waals surface area (Å²) in [6, 6.07) is 9.46. The third kappa shape index (κ3) is 4.40. The SMILES string of the molecule is CN(C)S(=O)(=O)c1ccc(S(=O)(=O)Nc2ccc(N3CCCC3=O)c(Cl)c2)cc1. The van der Waals surface area contributed by atoms with Crippen molar-refractivity contribution in [1.82, 2.24) is 4.31 Å². The quantitative estimate of drug-likeness (QED) is 0.717. The summed E-state index contributed by atoms with van der Waals surface area (Å²) in [5.74, 6) is -0.0204. The van der Waals surface area contributed by atoms with Gasteiger partial charge in [0.25, 0.3) is 10.0 Å². The number of hydrogen-bond donors (Lipinski definition) is 1. The Hall–Kier alpha value is -2.14. The van der Waals surface area contributed by atoms with Crippen LogP contribution >= 0.6 is 11.6 Å². The molecule has 156 valence electrons. The van der Waals surface area contributed by atoms with Gasteiger partial charge in [0.2, 0.25) is 15.9 Å². The molecule has 0 atom stereocenters. The molecule has 2 aromatic carbocycles. The van der Waals surface area contributed by atoms with Crippen LogP contribution in [0, 0.1) is 0 Å². The van der Waals surface area contributed by atoms with Gasteiger partial charge < -0.3 is 4.90 Å². The summed E-state index contributed by atoms with van der Waals surface area (Å²) in [5, 5.41) is 0.257. The fraction of sp³-hybridized carbons (Fsp3) is 0.278. The molecule has 0 bridgehead atoms. The molecule has 0 radical (unpaired) electrons. The van der Waals surface area contributed by atoms with Crippen molar-refractivity contribution in [1.29, 1.82) is 0 Å². The molecule has 0 saturated carbocycles. The summed E-state index contributed by atoms with van der Waals surface area (Å²) in [7, 11) is -4.82. The van der Waals surface area contributed by atoms with E-state index in [4.69, 9.17) is 11.6 Å². The lowest BCUT2D eigenvalue weighted by Crippen LogP contribution is -2.24.